The molecule has 0 saturated heterocycles. The van der Waals surface area contributed by atoms with Gasteiger partial charge in [0.1, 0.15) is 22.7 Å². The summed E-state index contributed by atoms with van der Waals surface area (Å²) in [6, 6.07) is 52.2. The van der Waals surface area contributed by atoms with Crippen LogP contribution in [0.5, 0.6) is 5.75 Å². The van der Waals surface area contributed by atoms with Gasteiger partial charge in [-0.1, -0.05) is 152 Å². The maximum atomic E-state index is 12.5. The zero-order chi connectivity index (χ0) is 45.9. The number of fused-ring (bicyclic) bond motifs is 8. The van der Waals surface area contributed by atoms with Crippen molar-refractivity contribution in [2.45, 2.75) is 78.6 Å². The molecule has 0 atom stereocenters. The number of aromatic hydroxyl groups is 1. The van der Waals surface area contributed by atoms with E-state index in [2.05, 4.69) is 170 Å². The number of imidazole rings is 1. The van der Waals surface area contributed by atoms with Crippen LogP contribution in [0.3, 0.4) is 0 Å². The van der Waals surface area contributed by atoms with E-state index in [0.29, 0.717) is 22.6 Å². The van der Waals surface area contributed by atoms with Gasteiger partial charge in [0.05, 0.1) is 33.5 Å². The molecule has 6 nitrogen and oxygen atoms in total. The number of para-hydroxylation sites is 1. The van der Waals surface area contributed by atoms with Gasteiger partial charge < -0.3 is 13.9 Å². The van der Waals surface area contributed by atoms with Gasteiger partial charge in [0.15, 0.2) is 0 Å². The SMILES string of the molecule is CC(C)(C)c1ccc(-n2c(-c3cc(C(C)(C)C)cc(C(C)(C)C)c3O)nc3c4c(ccc32)oc2ccc(-c3cc(-c5ccc6c(c5)oc5ccccc56)ccn3)[c-]c24)c(-c2ccccc2)c1.[Pt]. The van der Waals surface area contributed by atoms with Crippen molar-refractivity contribution in [1.82, 2.24) is 14.5 Å². The van der Waals surface area contributed by atoms with Crippen LogP contribution >= 0.6 is 0 Å². The van der Waals surface area contributed by atoms with Crippen molar-refractivity contribution in [3.63, 3.8) is 0 Å². The molecule has 0 aliphatic heterocycles. The topological polar surface area (TPSA) is 77.2 Å². The van der Waals surface area contributed by atoms with Crippen LogP contribution in [0.1, 0.15) is 79.0 Å². The molecule has 0 aliphatic carbocycles. The number of hydrogen-bond donors (Lipinski definition) is 1. The van der Waals surface area contributed by atoms with Crippen molar-refractivity contribution in [1.29, 1.82) is 0 Å². The molecule has 0 amide bonds. The van der Waals surface area contributed by atoms with Crippen LogP contribution in [-0.4, -0.2) is 19.6 Å². The Bertz CT molecular complexity index is 3720. The molecule has 67 heavy (non-hydrogen) atoms. The van der Waals surface area contributed by atoms with Gasteiger partial charge in [-0.05, 0) is 104 Å². The molecule has 0 bridgehead atoms. The van der Waals surface area contributed by atoms with Crippen molar-refractivity contribution >= 4 is 54.9 Å². The number of hydrogen-bond acceptors (Lipinski definition) is 5. The summed E-state index contributed by atoms with van der Waals surface area (Å²) in [6.07, 6.45) is 1.85. The Labute approximate surface area is 405 Å². The van der Waals surface area contributed by atoms with Gasteiger partial charge in [-0.3, -0.25) is 9.55 Å². The zero-order valence-electron chi connectivity index (χ0n) is 39.3. The Kier molecular flexibility index (Phi) is 10.5. The first-order valence-corrected chi connectivity index (χ1v) is 22.8. The smallest absolute Gasteiger partial charge is 0.148 e. The molecule has 0 saturated carbocycles. The van der Waals surface area contributed by atoms with Gasteiger partial charge in [-0.15, -0.1) is 12.1 Å². The van der Waals surface area contributed by atoms with Crippen LogP contribution in [-0.2, 0) is 37.3 Å². The molecule has 0 unspecified atom stereocenters. The third kappa shape index (κ3) is 7.56. The summed E-state index contributed by atoms with van der Waals surface area (Å²) in [5.74, 6) is 0.876. The number of benzene rings is 7. The second-order valence-electron chi connectivity index (χ2n) is 20.8. The number of nitrogens with zero attached hydrogens (tertiary/aromatic N) is 3. The van der Waals surface area contributed by atoms with Gasteiger partial charge >= 0.3 is 0 Å². The minimum absolute atomic E-state index is 0. The fourth-order valence-electron chi connectivity index (χ4n) is 9.41. The normalized spacial score (nSPS) is 12.5. The summed E-state index contributed by atoms with van der Waals surface area (Å²) in [7, 11) is 0. The Hall–Kier alpha value is -6.75. The number of rotatable bonds is 5. The molecule has 1 N–H and O–H groups in total. The standard InChI is InChI=1S/C60H52N3O3.Pt/c1-58(2,3)39-21-23-48(43(32-39)35-15-11-10-12-16-35)63-49-24-26-52-54(55(49)62-57(63)45-33-40(59(4,5)6)34-46(56(45)64)60(7,8)9)44-29-38(20-25-51(44)65-52)47-30-37(27-28-61-47)36-19-22-42-41-17-13-14-18-50(41)66-53(42)31-36;/h10-28,30-34,64H,1-9H3;/q-1;. The zero-order valence-corrected chi connectivity index (χ0v) is 41.6. The average Bonchev–Trinajstić information content (AvgIpc) is 3.99. The third-order valence-electron chi connectivity index (χ3n) is 13.1. The van der Waals surface area contributed by atoms with E-state index in [1.54, 1.807) is 0 Å². The van der Waals surface area contributed by atoms with E-state index in [4.69, 9.17) is 18.8 Å². The van der Waals surface area contributed by atoms with Crippen LogP contribution in [0.15, 0.2) is 155 Å². The van der Waals surface area contributed by atoms with Gasteiger partial charge in [0, 0.05) is 54.9 Å². The number of phenols is 1. The van der Waals surface area contributed by atoms with E-state index in [0.717, 1.165) is 94.1 Å². The van der Waals surface area contributed by atoms with Crippen molar-refractivity contribution in [2.75, 3.05) is 0 Å². The number of aromatic nitrogens is 3. The molecule has 4 heterocycles. The Balaban J connectivity index is 0.00000525. The minimum Gasteiger partial charge on any atom is -0.507 e. The first kappa shape index (κ1) is 44.1. The minimum atomic E-state index is -0.342. The summed E-state index contributed by atoms with van der Waals surface area (Å²) in [5, 5.41) is 16.4. The molecular formula is C60H52N3O3Pt-. The van der Waals surface area contributed by atoms with Crippen LogP contribution in [0.4, 0.5) is 0 Å². The number of furan rings is 2. The first-order valence-electron chi connectivity index (χ1n) is 22.8. The van der Waals surface area contributed by atoms with Crippen molar-refractivity contribution in [3.05, 3.63) is 168 Å². The third-order valence-corrected chi connectivity index (χ3v) is 13.1. The molecule has 7 heteroatoms. The maximum absolute atomic E-state index is 12.5. The van der Waals surface area contributed by atoms with Gasteiger partial charge in [0.2, 0.25) is 0 Å². The quantitative estimate of drug-likeness (QED) is 0.174. The molecule has 4 aromatic heterocycles. The molecular weight excluding hydrogens is 1010 g/mol. The molecule has 0 fully saturated rings. The Morgan fingerprint density at radius 1 is 0.552 bits per heavy atom. The second-order valence-corrected chi connectivity index (χ2v) is 20.8. The summed E-state index contributed by atoms with van der Waals surface area (Å²) in [4.78, 5) is 10.5. The van der Waals surface area contributed by atoms with E-state index in [9.17, 15) is 5.11 Å². The van der Waals surface area contributed by atoms with Gasteiger partial charge in [-0.2, -0.15) is 0 Å². The summed E-state index contributed by atoms with van der Waals surface area (Å²) < 4.78 is 15.1. The van der Waals surface area contributed by atoms with Crippen molar-refractivity contribution in [3.8, 4) is 56.3 Å². The molecule has 0 spiro atoms. The molecule has 336 valence electrons. The Morgan fingerprint density at radius 3 is 2.00 bits per heavy atom. The predicted octanol–water partition coefficient (Wildman–Crippen LogP) is 16.3. The fourth-order valence-corrected chi connectivity index (χ4v) is 9.41. The Morgan fingerprint density at radius 2 is 1.24 bits per heavy atom. The van der Waals surface area contributed by atoms with Crippen LogP contribution < -0.4 is 0 Å². The summed E-state index contributed by atoms with van der Waals surface area (Å²) in [5.41, 5.74) is 14.9. The molecule has 7 aromatic carbocycles. The fraction of sp³-hybridized carbons (Fsp3) is 0.200. The van der Waals surface area contributed by atoms with E-state index in [1.807, 2.05) is 48.7 Å². The largest absolute Gasteiger partial charge is 0.507 e. The van der Waals surface area contributed by atoms with Gasteiger partial charge in [0.25, 0.3) is 0 Å². The number of pyridine rings is 1. The first-order chi connectivity index (χ1) is 31.5. The summed E-state index contributed by atoms with van der Waals surface area (Å²) in [6.45, 7) is 19.8. The van der Waals surface area contributed by atoms with E-state index >= 15 is 0 Å². The monoisotopic (exact) mass is 1060 g/mol. The second kappa shape index (κ2) is 16.0. The predicted molar refractivity (Wildman–Crippen MR) is 272 cm³/mol. The maximum Gasteiger partial charge on any atom is 0.148 e. The molecule has 0 radical (unpaired) electrons. The molecule has 11 aromatic rings. The van der Waals surface area contributed by atoms with E-state index < -0.39 is 0 Å². The molecule has 11 rings (SSSR count). The van der Waals surface area contributed by atoms with E-state index in [1.165, 1.54) is 5.56 Å². The van der Waals surface area contributed by atoms with E-state index in [-0.39, 0.29) is 43.1 Å². The van der Waals surface area contributed by atoms with Crippen molar-refractivity contribution in [2.24, 2.45) is 0 Å². The van der Waals surface area contributed by atoms with Crippen LogP contribution in [0.2, 0.25) is 0 Å². The van der Waals surface area contributed by atoms with Gasteiger partial charge in [-0.25, -0.2) is 4.98 Å². The van der Waals surface area contributed by atoms with Crippen LogP contribution in [0, 0.1) is 6.07 Å². The molecule has 0 aliphatic rings. The number of phenolic OH excluding ortho intramolecular Hbond substituents is 1. The van der Waals surface area contributed by atoms with Crippen molar-refractivity contribution < 1.29 is 35.0 Å². The summed E-state index contributed by atoms with van der Waals surface area (Å²) >= 11 is 0. The average molecular weight is 1060 g/mol. The van der Waals surface area contributed by atoms with Crippen LogP contribution in [0.25, 0.3) is 105 Å².